The second-order valence-corrected chi connectivity index (χ2v) is 3.28. The van der Waals surface area contributed by atoms with Gasteiger partial charge in [0.1, 0.15) is 12.0 Å². The fourth-order valence-corrected chi connectivity index (χ4v) is 1.38. The first-order chi connectivity index (χ1) is 6.11. The van der Waals surface area contributed by atoms with E-state index in [1.165, 1.54) is 4.90 Å². The summed E-state index contributed by atoms with van der Waals surface area (Å²) >= 11 is 0. The Labute approximate surface area is 76.2 Å². The maximum absolute atomic E-state index is 11.2. The van der Waals surface area contributed by atoms with Gasteiger partial charge in [0.15, 0.2) is 0 Å². The summed E-state index contributed by atoms with van der Waals surface area (Å²) in [4.78, 5) is 12.6. The number of β-amino-alcohol motifs (C(OH)–C–C–N with tert-alkyl or cyclic N) is 1. The summed E-state index contributed by atoms with van der Waals surface area (Å²) in [5.41, 5.74) is -1.16. The predicted molar refractivity (Wildman–Crippen MR) is 43.5 cm³/mol. The van der Waals surface area contributed by atoms with Gasteiger partial charge in [0.05, 0.1) is 19.2 Å². The Morgan fingerprint density at radius 3 is 2.85 bits per heavy atom. The maximum atomic E-state index is 11.2. The van der Waals surface area contributed by atoms with Crippen LogP contribution in [0.4, 0.5) is 0 Å². The molecule has 13 heavy (non-hydrogen) atoms. The lowest BCUT2D eigenvalue weighted by atomic mass is 10.1. The molecule has 5 nitrogen and oxygen atoms in total. The Morgan fingerprint density at radius 2 is 2.38 bits per heavy atom. The standard InChI is InChI=1S/C8H12N2O3/c9-3-1-7(12)10-4-2-8(13,5-10)6-11/h11,13H,1-2,4-6H2. The molecule has 1 aliphatic heterocycles. The molecule has 1 heterocycles. The highest BCUT2D eigenvalue weighted by atomic mass is 16.3. The average Bonchev–Trinajstić information content (AvgIpc) is 2.50. The topological polar surface area (TPSA) is 84.6 Å². The molecule has 5 heteroatoms. The summed E-state index contributed by atoms with van der Waals surface area (Å²) in [6.07, 6.45) is 0.210. The molecular formula is C8H12N2O3. The van der Waals surface area contributed by atoms with Crippen molar-refractivity contribution in [3.63, 3.8) is 0 Å². The zero-order chi connectivity index (χ0) is 9.90. The third-order valence-corrected chi connectivity index (χ3v) is 2.21. The van der Waals surface area contributed by atoms with Crippen LogP contribution in [0.3, 0.4) is 0 Å². The van der Waals surface area contributed by atoms with Crippen LogP contribution >= 0.6 is 0 Å². The third-order valence-electron chi connectivity index (χ3n) is 2.21. The summed E-state index contributed by atoms with van der Waals surface area (Å²) in [6, 6.07) is 1.75. The Balaban J connectivity index is 2.50. The van der Waals surface area contributed by atoms with E-state index in [4.69, 9.17) is 10.4 Å². The van der Waals surface area contributed by atoms with Crippen molar-refractivity contribution in [2.75, 3.05) is 19.7 Å². The molecule has 1 fully saturated rings. The van der Waals surface area contributed by atoms with Gasteiger partial charge in [0, 0.05) is 6.54 Å². The van der Waals surface area contributed by atoms with E-state index in [9.17, 15) is 9.90 Å². The van der Waals surface area contributed by atoms with Crippen molar-refractivity contribution in [3.05, 3.63) is 0 Å². The van der Waals surface area contributed by atoms with E-state index in [2.05, 4.69) is 0 Å². The van der Waals surface area contributed by atoms with Gasteiger partial charge in [-0.05, 0) is 6.42 Å². The molecule has 0 bridgehead atoms. The number of carbonyl (C=O) groups excluding carboxylic acids is 1. The first-order valence-electron chi connectivity index (χ1n) is 4.09. The maximum Gasteiger partial charge on any atom is 0.236 e. The molecule has 1 amide bonds. The zero-order valence-corrected chi connectivity index (χ0v) is 7.23. The highest BCUT2D eigenvalue weighted by Crippen LogP contribution is 2.20. The van der Waals surface area contributed by atoms with Crippen molar-refractivity contribution < 1.29 is 15.0 Å². The van der Waals surface area contributed by atoms with Crippen LogP contribution in [0.15, 0.2) is 0 Å². The van der Waals surface area contributed by atoms with E-state index in [1.54, 1.807) is 6.07 Å². The Morgan fingerprint density at radius 1 is 1.69 bits per heavy atom. The number of aliphatic hydroxyl groups excluding tert-OH is 1. The van der Waals surface area contributed by atoms with Crippen LogP contribution in [0.25, 0.3) is 0 Å². The van der Waals surface area contributed by atoms with E-state index in [-0.39, 0.29) is 25.5 Å². The number of carbonyl (C=O) groups is 1. The second kappa shape index (κ2) is 3.73. The minimum Gasteiger partial charge on any atom is -0.393 e. The predicted octanol–water partition coefficient (Wildman–Crippen LogP) is -1.14. The molecule has 1 rings (SSSR count). The largest absolute Gasteiger partial charge is 0.393 e. The SMILES string of the molecule is N#CCC(=O)N1CCC(O)(CO)C1. The van der Waals surface area contributed by atoms with Crippen molar-refractivity contribution in [3.8, 4) is 6.07 Å². The summed E-state index contributed by atoms with van der Waals surface area (Å²) in [6.45, 7) is 0.199. The molecule has 0 aliphatic carbocycles. The van der Waals surface area contributed by atoms with Crippen LogP contribution in [0.1, 0.15) is 12.8 Å². The van der Waals surface area contributed by atoms with Crippen LogP contribution in [-0.2, 0) is 4.79 Å². The monoisotopic (exact) mass is 184 g/mol. The molecule has 2 N–H and O–H groups in total. The molecule has 0 aromatic rings. The van der Waals surface area contributed by atoms with Crippen molar-refractivity contribution in [1.82, 2.24) is 4.90 Å². The van der Waals surface area contributed by atoms with Gasteiger partial charge in [-0.1, -0.05) is 0 Å². The zero-order valence-electron chi connectivity index (χ0n) is 7.23. The minimum atomic E-state index is -1.16. The number of likely N-dealkylation sites (tertiary alicyclic amines) is 1. The van der Waals surface area contributed by atoms with Crippen LogP contribution in [0.5, 0.6) is 0 Å². The Bertz CT molecular complexity index is 248. The molecule has 1 unspecified atom stereocenters. The van der Waals surface area contributed by atoms with E-state index < -0.39 is 5.60 Å². The van der Waals surface area contributed by atoms with E-state index in [1.807, 2.05) is 0 Å². The molecule has 1 saturated heterocycles. The van der Waals surface area contributed by atoms with Gasteiger partial charge in [-0.2, -0.15) is 5.26 Å². The first kappa shape index (κ1) is 9.96. The number of nitrogens with zero attached hydrogens (tertiary/aromatic N) is 2. The van der Waals surface area contributed by atoms with Crippen molar-refractivity contribution in [1.29, 1.82) is 5.26 Å². The van der Waals surface area contributed by atoms with Gasteiger partial charge in [-0.15, -0.1) is 0 Å². The number of aliphatic hydroxyl groups is 2. The van der Waals surface area contributed by atoms with Crippen LogP contribution in [-0.4, -0.2) is 46.3 Å². The lowest BCUT2D eigenvalue weighted by Gasteiger charge is -2.20. The number of amides is 1. The quantitative estimate of drug-likeness (QED) is 0.568. The van der Waals surface area contributed by atoms with Gasteiger partial charge in [-0.25, -0.2) is 0 Å². The molecule has 72 valence electrons. The summed E-state index contributed by atoms with van der Waals surface area (Å²) < 4.78 is 0. The van der Waals surface area contributed by atoms with E-state index in [0.717, 1.165) is 0 Å². The summed E-state index contributed by atoms with van der Waals surface area (Å²) in [5, 5.41) is 26.6. The summed E-state index contributed by atoms with van der Waals surface area (Å²) in [5.74, 6) is -0.285. The molecular weight excluding hydrogens is 172 g/mol. The molecule has 0 aromatic carbocycles. The molecule has 0 radical (unpaired) electrons. The van der Waals surface area contributed by atoms with Gasteiger partial charge in [-0.3, -0.25) is 4.79 Å². The fourth-order valence-electron chi connectivity index (χ4n) is 1.38. The fraction of sp³-hybridized carbons (Fsp3) is 0.750. The number of rotatable bonds is 2. The second-order valence-electron chi connectivity index (χ2n) is 3.28. The minimum absolute atomic E-state index is 0.129. The lowest BCUT2D eigenvalue weighted by molar-refractivity contribution is -0.130. The Hall–Kier alpha value is -1.12. The third kappa shape index (κ3) is 2.17. The molecule has 0 aromatic heterocycles. The Kier molecular flexibility index (Phi) is 2.86. The van der Waals surface area contributed by atoms with Crippen LogP contribution in [0, 0.1) is 11.3 Å². The van der Waals surface area contributed by atoms with Crippen LogP contribution in [0.2, 0.25) is 0 Å². The molecule has 1 aliphatic rings. The van der Waals surface area contributed by atoms with Crippen molar-refractivity contribution in [2.45, 2.75) is 18.4 Å². The lowest BCUT2D eigenvalue weighted by Crippen LogP contribution is -2.38. The highest BCUT2D eigenvalue weighted by Gasteiger charge is 2.37. The highest BCUT2D eigenvalue weighted by molar-refractivity contribution is 5.78. The van der Waals surface area contributed by atoms with E-state index >= 15 is 0 Å². The van der Waals surface area contributed by atoms with Crippen molar-refractivity contribution in [2.24, 2.45) is 0 Å². The van der Waals surface area contributed by atoms with Crippen LogP contribution < -0.4 is 0 Å². The molecule has 0 spiro atoms. The average molecular weight is 184 g/mol. The smallest absolute Gasteiger partial charge is 0.236 e. The van der Waals surface area contributed by atoms with Gasteiger partial charge in [0.25, 0.3) is 0 Å². The number of hydrogen-bond acceptors (Lipinski definition) is 4. The first-order valence-corrected chi connectivity index (χ1v) is 4.09. The molecule has 1 atom stereocenters. The molecule has 0 saturated carbocycles. The van der Waals surface area contributed by atoms with Gasteiger partial charge in [0.2, 0.25) is 5.91 Å². The summed E-state index contributed by atoms with van der Waals surface area (Å²) in [7, 11) is 0. The number of hydrogen-bond donors (Lipinski definition) is 2. The normalized spacial score (nSPS) is 27.3. The van der Waals surface area contributed by atoms with Gasteiger partial charge < -0.3 is 15.1 Å². The van der Waals surface area contributed by atoms with E-state index in [0.29, 0.717) is 13.0 Å². The van der Waals surface area contributed by atoms with Gasteiger partial charge >= 0.3 is 0 Å². The van der Waals surface area contributed by atoms with Crippen molar-refractivity contribution >= 4 is 5.91 Å². The number of nitriles is 1.